The van der Waals surface area contributed by atoms with Crippen molar-refractivity contribution < 1.29 is 22.4 Å². The molecule has 0 aliphatic rings. The highest BCUT2D eigenvalue weighted by Crippen LogP contribution is 2.15. The quantitative estimate of drug-likeness (QED) is 0.809. The molecule has 112 valence electrons. The number of benzene rings is 1. The Morgan fingerprint density at radius 2 is 1.86 bits per heavy atom. The van der Waals surface area contributed by atoms with E-state index in [9.17, 15) is 13.2 Å². The molecule has 1 heterocycles. The monoisotopic (exact) mass is 310 g/mol. The Labute approximate surface area is 121 Å². The van der Waals surface area contributed by atoms with E-state index in [1.165, 1.54) is 43.7 Å². The van der Waals surface area contributed by atoms with Crippen LogP contribution >= 0.6 is 0 Å². The second-order valence-corrected chi connectivity index (χ2v) is 5.81. The Kier molecular flexibility index (Phi) is 4.29. The maximum atomic E-state index is 12.0. The fraction of sp³-hybridized carbons (Fsp3) is 0.154. The summed E-state index contributed by atoms with van der Waals surface area (Å²) in [4.78, 5) is 13.8. The molecule has 2 rings (SSSR count). The lowest BCUT2D eigenvalue weighted by Crippen LogP contribution is -2.41. The van der Waals surface area contributed by atoms with Gasteiger partial charge in [-0.15, -0.1) is 4.83 Å². The topological polar surface area (TPSA) is 97.6 Å². The highest BCUT2D eigenvalue weighted by atomic mass is 32.2. The zero-order chi connectivity index (χ0) is 15.5. The molecular weight excluding hydrogens is 296 g/mol. The van der Waals surface area contributed by atoms with Crippen LogP contribution in [-0.2, 0) is 10.0 Å². The fourth-order valence-electron chi connectivity index (χ4n) is 1.62. The number of carbonyl (C=O) groups excluding carboxylic acids is 1. The van der Waals surface area contributed by atoms with E-state index in [0.29, 0.717) is 11.5 Å². The van der Waals surface area contributed by atoms with Crippen LogP contribution in [0.25, 0.3) is 0 Å². The third-order valence-corrected chi connectivity index (χ3v) is 4.04. The van der Waals surface area contributed by atoms with Crippen LogP contribution in [0.15, 0.2) is 45.9 Å². The van der Waals surface area contributed by atoms with Gasteiger partial charge in [0.25, 0.3) is 15.9 Å². The molecule has 1 aromatic carbocycles. The maximum Gasteiger partial charge on any atom is 0.269 e. The zero-order valence-electron chi connectivity index (χ0n) is 11.4. The molecule has 0 aliphatic heterocycles. The van der Waals surface area contributed by atoms with Crippen molar-refractivity contribution >= 4 is 15.9 Å². The Morgan fingerprint density at radius 1 is 1.19 bits per heavy atom. The van der Waals surface area contributed by atoms with E-state index in [-0.39, 0.29) is 10.5 Å². The highest BCUT2D eigenvalue weighted by Gasteiger charge is 2.17. The third-order valence-electron chi connectivity index (χ3n) is 2.77. The molecule has 0 fully saturated rings. The largest absolute Gasteiger partial charge is 0.497 e. The summed E-state index contributed by atoms with van der Waals surface area (Å²) in [6.45, 7) is 1.60. The van der Waals surface area contributed by atoms with Gasteiger partial charge in [-0.1, -0.05) is 0 Å². The number of methoxy groups -OCH3 is 1. The molecule has 0 saturated heterocycles. The molecule has 21 heavy (non-hydrogen) atoms. The van der Waals surface area contributed by atoms with Gasteiger partial charge in [-0.05, 0) is 37.3 Å². The second kappa shape index (κ2) is 5.98. The lowest BCUT2D eigenvalue weighted by molar-refractivity contribution is 0.0943. The summed E-state index contributed by atoms with van der Waals surface area (Å²) in [6.07, 6.45) is 1.35. The lowest BCUT2D eigenvalue weighted by Gasteiger charge is -2.08. The number of amides is 1. The first-order valence-corrected chi connectivity index (χ1v) is 7.42. The molecule has 0 unspecified atom stereocenters. The number of rotatable bonds is 5. The van der Waals surface area contributed by atoms with E-state index in [1.54, 1.807) is 6.92 Å². The van der Waals surface area contributed by atoms with Gasteiger partial charge in [0.05, 0.1) is 23.8 Å². The average molecular weight is 310 g/mol. The second-order valence-electron chi connectivity index (χ2n) is 4.13. The Balaban J connectivity index is 2.07. The normalized spacial score (nSPS) is 11.1. The number of hydrazine groups is 1. The minimum atomic E-state index is -3.85. The molecular formula is C13H14N2O5S. The van der Waals surface area contributed by atoms with Gasteiger partial charge in [-0.25, -0.2) is 8.42 Å². The van der Waals surface area contributed by atoms with E-state index in [1.807, 2.05) is 4.83 Å². The molecule has 0 atom stereocenters. The fourth-order valence-corrected chi connectivity index (χ4v) is 2.45. The summed E-state index contributed by atoms with van der Waals surface area (Å²) < 4.78 is 33.9. The lowest BCUT2D eigenvalue weighted by atomic mass is 10.2. The average Bonchev–Trinajstić information content (AvgIpc) is 2.91. The van der Waals surface area contributed by atoms with E-state index >= 15 is 0 Å². The van der Waals surface area contributed by atoms with Crippen molar-refractivity contribution in [3.8, 4) is 5.75 Å². The van der Waals surface area contributed by atoms with Crippen LogP contribution in [0.2, 0.25) is 0 Å². The summed E-state index contributed by atoms with van der Waals surface area (Å²) >= 11 is 0. The van der Waals surface area contributed by atoms with Crippen molar-refractivity contribution in [2.45, 2.75) is 11.8 Å². The minimum Gasteiger partial charge on any atom is -0.497 e. The standard InChI is InChI=1S/C13H14N2O5S/c1-9-12(7-8-20-9)13(16)14-15-21(17,18)11-5-3-10(19-2)4-6-11/h3-8,15H,1-2H3,(H,14,16). The molecule has 1 aromatic heterocycles. The van der Waals surface area contributed by atoms with Crippen molar-refractivity contribution in [3.63, 3.8) is 0 Å². The number of hydrogen-bond acceptors (Lipinski definition) is 5. The molecule has 0 radical (unpaired) electrons. The van der Waals surface area contributed by atoms with Crippen LogP contribution < -0.4 is 15.0 Å². The Morgan fingerprint density at radius 3 is 2.38 bits per heavy atom. The van der Waals surface area contributed by atoms with Crippen LogP contribution in [-0.4, -0.2) is 21.4 Å². The number of aryl methyl sites for hydroxylation is 1. The van der Waals surface area contributed by atoms with Crippen molar-refractivity contribution in [2.75, 3.05) is 7.11 Å². The van der Waals surface area contributed by atoms with Gasteiger partial charge in [-0.2, -0.15) is 0 Å². The number of carbonyl (C=O) groups is 1. The Hall–Kier alpha value is -2.32. The smallest absolute Gasteiger partial charge is 0.269 e. The van der Waals surface area contributed by atoms with Crippen molar-refractivity contribution in [1.29, 1.82) is 0 Å². The van der Waals surface area contributed by atoms with Crippen molar-refractivity contribution in [3.05, 3.63) is 47.9 Å². The van der Waals surface area contributed by atoms with Gasteiger partial charge >= 0.3 is 0 Å². The van der Waals surface area contributed by atoms with Gasteiger partial charge in [0.1, 0.15) is 11.5 Å². The molecule has 7 nitrogen and oxygen atoms in total. The minimum absolute atomic E-state index is 0.00696. The Bertz CT molecular complexity index is 734. The van der Waals surface area contributed by atoms with Crippen LogP contribution in [0.5, 0.6) is 5.75 Å². The predicted molar refractivity (Wildman–Crippen MR) is 74.2 cm³/mol. The van der Waals surface area contributed by atoms with Crippen molar-refractivity contribution in [2.24, 2.45) is 0 Å². The number of furan rings is 1. The SMILES string of the molecule is COc1ccc(S(=O)(=O)NNC(=O)c2ccoc2C)cc1. The van der Waals surface area contributed by atoms with E-state index in [2.05, 4.69) is 5.43 Å². The van der Waals surface area contributed by atoms with Gasteiger partial charge in [0.2, 0.25) is 0 Å². The van der Waals surface area contributed by atoms with Crippen LogP contribution in [0.3, 0.4) is 0 Å². The number of hydrogen-bond donors (Lipinski definition) is 2. The summed E-state index contributed by atoms with van der Waals surface area (Å²) in [6, 6.07) is 7.21. The van der Waals surface area contributed by atoms with Gasteiger partial charge in [-0.3, -0.25) is 10.2 Å². The summed E-state index contributed by atoms with van der Waals surface area (Å²) in [5, 5.41) is 0. The van der Waals surface area contributed by atoms with Gasteiger partial charge in [0, 0.05) is 0 Å². The summed E-state index contributed by atoms with van der Waals surface area (Å²) in [5.41, 5.74) is 2.38. The van der Waals surface area contributed by atoms with Gasteiger partial charge in [0.15, 0.2) is 0 Å². The predicted octanol–water partition coefficient (Wildman–Crippen LogP) is 1.22. The number of nitrogens with one attached hydrogen (secondary N) is 2. The van der Waals surface area contributed by atoms with Gasteiger partial charge < -0.3 is 9.15 Å². The molecule has 0 aliphatic carbocycles. The molecule has 8 heteroatoms. The molecule has 0 spiro atoms. The summed E-state index contributed by atoms with van der Waals surface area (Å²) in [5.74, 6) is 0.335. The zero-order valence-corrected chi connectivity index (χ0v) is 12.2. The third kappa shape index (κ3) is 3.41. The van der Waals surface area contributed by atoms with Crippen molar-refractivity contribution in [1.82, 2.24) is 10.3 Å². The first-order valence-electron chi connectivity index (χ1n) is 5.94. The molecule has 0 bridgehead atoms. The molecule has 0 saturated carbocycles. The first kappa shape index (κ1) is 15.1. The summed E-state index contributed by atoms with van der Waals surface area (Å²) in [7, 11) is -2.37. The molecule has 2 N–H and O–H groups in total. The van der Waals surface area contributed by atoms with Crippen LogP contribution in [0.1, 0.15) is 16.1 Å². The first-order chi connectivity index (χ1) is 9.94. The highest BCUT2D eigenvalue weighted by molar-refractivity contribution is 7.89. The van der Waals surface area contributed by atoms with Crippen LogP contribution in [0.4, 0.5) is 0 Å². The number of sulfonamides is 1. The molecule has 1 amide bonds. The van der Waals surface area contributed by atoms with E-state index < -0.39 is 15.9 Å². The molecule has 2 aromatic rings. The van der Waals surface area contributed by atoms with E-state index in [4.69, 9.17) is 9.15 Å². The number of ether oxygens (including phenoxy) is 1. The maximum absolute atomic E-state index is 12.0. The van der Waals surface area contributed by atoms with E-state index in [0.717, 1.165) is 0 Å². The van der Waals surface area contributed by atoms with Crippen LogP contribution in [0, 0.1) is 6.92 Å².